The van der Waals surface area contributed by atoms with E-state index in [0.29, 0.717) is 0 Å². The molecule has 0 bridgehead atoms. The van der Waals surface area contributed by atoms with E-state index in [9.17, 15) is 30.7 Å². The van der Waals surface area contributed by atoms with Crippen molar-refractivity contribution < 1.29 is 30.7 Å². The monoisotopic (exact) mass is 264 g/mol. The maximum absolute atomic E-state index is 12.5. The number of hydrogen-bond acceptors (Lipinski definition) is 0. The molecule has 1 unspecified atom stereocenters. The van der Waals surface area contributed by atoms with Gasteiger partial charge in [0.2, 0.25) is 10.5 Å². The first-order valence-electron chi connectivity index (χ1n) is 3.06. The third-order valence-electron chi connectivity index (χ3n) is 1.87. The van der Waals surface area contributed by atoms with Crippen LogP contribution in [0.2, 0.25) is 0 Å². The van der Waals surface area contributed by atoms with Crippen LogP contribution in [0.25, 0.3) is 0 Å². The largest absolute Gasteiger partial charge is 0.378 e. The van der Waals surface area contributed by atoms with Gasteiger partial charge < -0.3 is 0 Å². The summed E-state index contributed by atoms with van der Waals surface area (Å²) in [5, 5.41) is 0. The maximum atomic E-state index is 12.5. The average molecular weight is 265 g/mol. The number of rotatable bonds is 0. The third-order valence-corrected chi connectivity index (χ3v) is 2.73. The topological polar surface area (TPSA) is 0 Å². The molecule has 1 aliphatic carbocycles. The van der Waals surface area contributed by atoms with E-state index in [0.717, 1.165) is 0 Å². The predicted molar refractivity (Wildman–Crippen MR) is 34.2 cm³/mol. The molecular formula is C5HCl2F7. The molecule has 0 heterocycles. The smallest absolute Gasteiger partial charge is 0.237 e. The van der Waals surface area contributed by atoms with Gasteiger partial charge in [0, 0.05) is 0 Å². The molecule has 84 valence electrons. The minimum absolute atomic E-state index is 4.04. The quantitative estimate of drug-likeness (QED) is 0.465. The molecule has 1 saturated carbocycles. The third kappa shape index (κ3) is 0.973. The molecule has 0 spiro atoms. The van der Waals surface area contributed by atoms with Gasteiger partial charge in [0.1, 0.15) is 0 Å². The fourth-order valence-electron chi connectivity index (χ4n) is 0.965. The second-order valence-electron chi connectivity index (χ2n) is 2.76. The molecule has 1 atom stereocenters. The van der Waals surface area contributed by atoms with E-state index in [1.807, 2.05) is 0 Å². The van der Waals surface area contributed by atoms with Crippen molar-refractivity contribution in [1.29, 1.82) is 0 Å². The van der Waals surface area contributed by atoms with Crippen LogP contribution in [-0.4, -0.2) is 28.3 Å². The van der Waals surface area contributed by atoms with Crippen molar-refractivity contribution in [2.75, 3.05) is 0 Å². The first kappa shape index (κ1) is 12.2. The molecule has 0 radical (unpaired) electrons. The first-order chi connectivity index (χ1) is 5.90. The molecule has 14 heavy (non-hydrogen) atoms. The second kappa shape index (κ2) is 2.61. The van der Waals surface area contributed by atoms with Gasteiger partial charge in [-0.3, -0.25) is 0 Å². The molecule has 1 rings (SSSR count). The van der Waals surface area contributed by atoms with Gasteiger partial charge in [-0.25, -0.2) is 4.39 Å². The minimum Gasteiger partial charge on any atom is -0.237 e. The van der Waals surface area contributed by atoms with E-state index in [2.05, 4.69) is 23.2 Å². The zero-order valence-electron chi connectivity index (χ0n) is 5.98. The maximum Gasteiger partial charge on any atom is 0.378 e. The fraction of sp³-hybridized carbons (Fsp3) is 1.00. The van der Waals surface area contributed by atoms with E-state index in [-0.39, 0.29) is 0 Å². The highest BCUT2D eigenvalue weighted by Crippen LogP contribution is 2.65. The van der Waals surface area contributed by atoms with E-state index < -0.39 is 28.3 Å². The van der Waals surface area contributed by atoms with Gasteiger partial charge in [0.15, 0.2) is 0 Å². The lowest BCUT2D eigenvalue weighted by molar-refractivity contribution is -0.277. The molecular weight excluding hydrogens is 264 g/mol. The summed E-state index contributed by atoms with van der Waals surface area (Å²) in [5.74, 6) is -17.0. The molecule has 0 nitrogen and oxygen atoms in total. The number of halogens is 9. The molecule has 0 N–H and O–H groups in total. The van der Waals surface area contributed by atoms with Gasteiger partial charge in [-0.2, -0.15) is 26.3 Å². The molecule has 0 aromatic rings. The van der Waals surface area contributed by atoms with Crippen LogP contribution >= 0.6 is 23.2 Å². The average Bonchev–Trinajstić information content (AvgIpc) is 2.05. The normalized spacial score (nSPS) is 37.1. The van der Waals surface area contributed by atoms with Crippen molar-refractivity contribution in [2.45, 2.75) is 28.3 Å². The van der Waals surface area contributed by atoms with Crippen LogP contribution < -0.4 is 0 Å². The van der Waals surface area contributed by atoms with Crippen molar-refractivity contribution in [3.8, 4) is 0 Å². The molecule has 0 aromatic heterocycles. The van der Waals surface area contributed by atoms with Gasteiger partial charge in [-0.1, -0.05) is 23.2 Å². The van der Waals surface area contributed by atoms with Crippen molar-refractivity contribution >= 4 is 23.2 Å². The summed E-state index contributed by atoms with van der Waals surface area (Å²) >= 11 is 8.92. The van der Waals surface area contributed by atoms with E-state index in [1.54, 1.807) is 0 Å². The number of alkyl halides is 9. The lowest BCUT2D eigenvalue weighted by Crippen LogP contribution is -2.50. The summed E-state index contributed by atoms with van der Waals surface area (Å²) < 4.78 is 82.7. The van der Waals surface area contributed by atoms with E-state index in [4.69, 9.17) is 0 Å². The minimum atomic E-state index is -5.91. The lowest BCUT2D eigenvalue weighted by Gasteiger charge is -2.25. The van der Waals surface area contributed by atoms with Crippen LogP contribution in [0.4, 0.5) is 30.7 Å². The summed E-state index contributed by atoms with van der Waals surface area (Å²) in [6, 6.07) is 0. The highest BCUT2D eigenvalue weighted by Gasteiger charge is 2.91. The molecule has 1 fully saturated rings. The Bertz CT molecular complexity index is 235. The van der Waals surface area contributed by atoms with Crippen LogP contribution in [0.15, 0.2) is 0 Å². The molecule has 0 saturated heterocycles. The molecule has 0 aromatic carbocycles. The van der Waals surface area contributed by atoms with Gasteiger partial charge in [0.25, 0.3) is 0 Å². The van der Waals surface area contributed by atoms with E-state index >= 15 is 0 Å². The van der Waals surface area contributed by atoms with Crippen LogP contribution in [0.5, 0.6) is 0 Å². The highest BCUT2D eigenvalue weighted by molar-refractivity contribution is 6.50. The summed E-state index contributed by atoms with van der Waals surface area (Å²) in [5.41, 5.74) is 0. The molecule has 9 heteroatoms. The summed E-state index contributed by atoms with van der Waals surface area (Å²) in [4.78, 5) is 0. The second-order valence-corrected chi connectivity index (χ2v) is 4.14. The molecule has 0 aliphatic heterocycles. The van der Waals surface area contributed by atoms with E-state index in [1.165, 1.54) is 0 Å². The Kier molecular flexibility index (Phi) is 2.26. The Balaban J connectivity index is 3.38. The Morgan fingerprint density at radius 1 is 0.786 bits per heavy atom. The first-order valence-corrected chi connectivity index (χ1v) is 3.81. The van der Waals surface area contributed by atoms with Crippen molar-refractivity contribution in [3.05, 3.63) is 0 Å². The standard InChI is InChI=1S/C5HCl2F7/c6-2(7)1(8)3(9,10)5(13,14)4(2,11)12/h1H. The van der Waals surface area contributed by atoms with Crippen LogP contribution in [0.1, 0.15) is 0 Å². The highest BCUT2D eigenvalue weighted by atomic mass is 35.5. The lowest BCUT2D eigenvalue weighted by atomic mass is 10.2. The molecule has 0 amide bonds. The molecule has 1 aliphatic rings. The van der Waals surface area contributed by atoms with Crippen molar-refractivity contribution in [2.24, 2.45) is 0 Å². The SMILES string of the molecule is FC1C(F)(F)C(F)(F)C(F)(F)C1(Cl)Cl. The zero-order chi connectivity index (χ0) is 11.6. The Morgan fingerprint density at radius 3 is 1.21 bits per heavy atom. The van der Waals surface area contributed by atoms with Crippen LogP contribution in [0, 0.1) is 0 Å². The summed E-state index contributed by atoms with van der Waals surface area (Å²) in [7, 11) is 0. The van der Waals surface area contributed by atoms with Crippen molar-refractivity contribution in [3.63, 3.8) is 0 Å². The van der Waals surface area contributed by atoms with Crippen molar-refractivity contribution in [1.82, 2.24) is 0 Å². The Morgan fingerprint density at radius 2 is 1.14 bits per heavy atom. The van der Waals surface area contributed by atoms with Gasteiger partial charge >= 0.3 is 17.8 Å². The predicted octanol–water partition coefficient (Wildman–Crippen LogP) is 3.42. The van der Waals surface area contributed by atoms with Crippen LogP contribution in [-0.2, 0) is 0 Å². The fourth-order valence-corrected chi connectivity index (χ4v) is 1.48. The Hall–Kier alpha value is 0.0900. The van der Waals surface area contributed by atoms with Gasteiger partial charge in [0.05, 0.1) is 0 Å². The summed E-state index contributed by atoms with van der Waals surface area (Å²) in [6.45, 7) is 0. The Labute approximate surface area is 83.0 Å². The zero-order valence-corrected chi connectivity index (χ0v) is 7.49. The van der Waals surface area contributed by atoms with Gasteiger partial charge in [-0.15, -0.1) is 0 Å². The van der Waals surface area contributed by atoms with Crippen LogP contribution in [0.3, 0.4) is 0 Å². The van der Waals surface area contributed by atoms with Gasteiger partial charge in [-0.05, 0) is 0 Å². The summed E-state index contributed by atoms with van der Waals surface area (Å²) in [6.07, 6.45) is -4.04. The number of hydrogen-bond donors (Lipinski definition) is 0.